The van der Waals surface area contributed by atoms with Crippen LogP contribution < -0.4 is 5.32 Å². The van der Waals surface area contributed by atoms with E-state index < -0.39 is 0 Å². The summed E-state index contributed by atoms with van der Waals surface area (Å²) in [4.78, 5) is 15.3. The van der Waals surface area contributed by atoms with Crippen LogP contribution in [0.25, 0.3) is 10.1 Å². The van der Waals surface area contributed by atoms with E-state index in [1.807, 2.05) is 30.0 Å². The summed E-state index contributed by atoms with van der Waals surface area (Å²) in [7, 11) is 0. The summed E-state index contributed by atoms with van der Waals surface area (Å²) in [5.41, 5.74) is 0. The van der Waals surface area contributed by atoms with E-state index in [1.165, 1.54) is 4.70 Å². The minimum absolute atomic E-state index is 0.163. The normalized spacial score (nSPS) is 16.6. The van der Waals surface area contributed by atoms with E-state index in [9.17, 15) is 4.79 Å². The van der Waals surface area contributed by atoms with Crippen LogP contribution in [-0.2, 0) is 11.3 Å². The van der Waals surface area contributed by atoms with Crippen LogP contribution in [-0.4, -0.2) is 29.9 Å². The standard InChI is InChI=1S/C16H19ClN2OS/c1-11(16(20)19-8-4-5-9-19)18-10-14-15(17)12-6-2-3-7-13(12)21-14/h2-3,6-7,11,18H,4-5,8-10H2,1H3. The van der Waals surface area contributed by atoms with Gasteiger partial charge in [0.2, 0.25) is 5.91 Å². The molecule has 1 aliphatic heterocycles. The maximum Gasteiger partial charge on any atom is 0.239 e. The van der Waals surface area contributed by atoms with Crippen molar-refractivity contribution in [1.29, 1.82) is 0 Å². The topological polar surface area (TPSA) is 32.3 Å². The predicted molar refractivity (Wildman–Crippen MR) is 89.0 cm³/mol. The highest BCUT2D eigenvalue weighted by atomic mass is 35.5. The van der Waals surface area contributed by atoms with Crippen molar-refractivity contribution < 1.29 is 4.79 Å². The Bertz CT molecular complexity index is 649. The molecule has 1 aliphatic rings. The molecule has 1 amide bonds. The number of halogens is 1. The van der Waals surface area contributed by atoms with Crippen LogP contribution in [0.4, 0.5) is 0 Å². The van der Waals surface area contributed by atoms with Gasteiger partial charge in [-0.2, -0.15) is 0 Å². The van der Waals surface area contributed by atoms with Gasteiger partial charge in [0.1, 0.15) is 0 Å². The molecule has 112 valence electrons. The van der Waals surface area contributed by atoms with Crippen LogP contribution >= 0.6 is 22.9 Å². The van der Waals surface area contributed by atoms with Gasteiger partial charge in [-0.25, -0.2) is 0 Å². The van der Waals surface area contributed by atoms with Crippen molar-refractivity contribution in [3.8, 4) is 0 Å². The first-order chi connectivity index (χ1) is 10.2. The molecule has 5 heteroatoms. The SMILES string of the molecule is CC(NCc1sc2ccccc2c1Cl)C(=O)N1CCCC1. The number of benzene rings is 1. The first kappa shape index (κ1) is 14.8. The van der Waals surface area contributed by atoms with Crippen molar-refractivity contribution in [2.75, 3.05) is 13.1 Å². The summed E-state index contributed by atoms with van der Waals surface area (Å²) < 4.78 is 1.19. The van der Waals surface area contributed by atoms with Gasteiger partial charge >= 0.3 is 0 Å². The van der Waals surface area contributed by atoms with Crippen LogP contribution in [0.3, 0.4) is 0 Å². The summed E-state index contributed by atoms with van der Waals surface area (Å²) in [6.07, 6.45) is 2.25. The van der Waals surface area contributed by atoms with Crippen molar-refractivity contribution in [3.05, 3.63) is 34.2 Å². The molecule has 1 unspecified atom stereocenters. The highest BCUT2D eigenvalue weighted by molar-refractivity contribution is 7.19. The van der Waals surface area contributed by atoms with Gasteiger partial charge in [-0.15, -0.1) is 11.3 Å². The maximum absolute atomic E-state index is 12.3. The van der Waals surface area contributed by atoms with Gasteiger partial charge in [0.25, 0.3) is 0 Å². The number of fused-ring (bicyclic) bond motifs is 1. The molecule has 3 rings (SSSR count). The van der Waals surface area contributed by atoms with E-state index in [2.05, 4.69) is 11.4 Å². The highest BCUT2D eigenvalue weighted by Gasteiger charge is 2.23. The fraction of sp³-hybridized carbons (Fsp3) is 0.438. The minimum Gasteiger partial charge on any atom is -0.341 e. The molecule has 1 aromatic carbocycles. The molecule has 1 saturated heterocycles. The summed E-state index contributed by atoms with van der Waals surface area (Å²) in [6, 6.07) is 7.97. The highest BCUT2D eigenvalue weighted by Crippen LogP contribution is 2.35. The average Bonchev–Trinajstić information content (AvgIpc) is 3.13. The van der Waals surface area contributed by atoms with E-state index >= 15 is 0 Å². The Morgan fingerprint density at radius 1 is 1.38 bits per heavy atom. The molecule has 1 aromatic heterocycles. The average molecular weight is 323 g/mol. The Morgan fingerprint density at radius 3 is 2.81 bits per heavy atom. The van der Waals surface area contributed by atoms with Gasteiger partial charge in [0.05, 0.1) is 11.1 Å². The Balaban J connectivity index is 1.65. The third kappa shape index (κ3) is 3.07. The van der Waals surface area contributed by atoms with Crippen LogP contribution in [0, 0.1) is 0 Å². The fourth-order valence-corrected chi connectivity index (χ4v) is 4.17. The third-order valence-corrected chi connectivity index (χ3v) is 5.67. The second kappa shape index (κ2) is 6.34. The molecular weight excluding hydrogens is 304 g/mol. The van der Waals surface area contributed by atoms with Crippen molar-refractivity contribution in [2.24, 2.45) is 0 Å². The van der Waals surface area contributed by atoms with Crippen LogP contribution in [0.1, 0.15) is 24.6 Å². The molecule has 1 fully saturated rings. The molecule has 21 heavy (non-hydrogen) atoms. The lowest BCUT2D eigenvalue weighted by Crippen LogP contribution is -2.43. The summed E-state index contributed by atoms with van der Waals surface area (Å²) in [6.45, 7) is 4.36. The van der Waals surface area contributed by atoms with E-state index in [4.69, 9.17) is 11.6 Å². The zero-order chi connectivity index (χ0) is 14.8. The Morgan fingerprint density at radius 2 is 2.10 bits per heavy atom. The number of carbonyl (C=O) groups is 1. The predicted octanol–water partition coefficient (Wildman–Crippen LogP) is 3.66. The lowest BCUT2D eigenvalue weighted by Gasteiger charge is -2.21. The van der Waals surface area contributed by atoms with E-state index in [0.717, 1.165) is 41.2 Å². The molecule has 0 aliphatic carbocycles. The van der Waals surface area contributed by atoms with Crippen molar-refractivity contribution in [3.63, 3.8) is 0 Å². The molecule has 0 radical (unpaired) electrons. The molecule has 2 aromatic rings. The number of nitrogens with zero attached hydrogens (tertiary/aromatic N) is 1. The zero-order valence-electron chi connectivity index (χ0n) is 12.1. The number of carbonyl (C=O) groups excluding carboxylic acids is 1. The van der Waals surface area contributed by atoms with E-state index in [1.54, 1.807) is 11.3 Å². The zero-order valence-corrected chi connectivity index (χ0v) is 13.6. The summed E-state index contributed by atoms with van der Waals surface area (Å²) in [5.74, 6) is 0.199. The minimum atomic E-state index is -0.163. The van der Waals surface area contributed by atoms with E-state index in [-0.39, 0.29) is 11.9 Å². The van der Waals surface area contributed by atoms with Crippen LogP contribution in [0.15, 0.2) is 24.3 Å². The molecule has 0 spiro atoms. The first-order valence-electron chi connectivity index (χ1n) is 7.35. The Labute approximate surface area is 133 Å². The molecule has 0 saturated carbocycles. The van der Waals surface area contributed by atoms with Gasteiger partial charge < -0.3 is 10.2 Å². The smallest absolute Gasteiger partial charge is 0.239 e. The van der Waals surface area contributed by atoms with Gasteiger partial charge in [-0.3, -0.25) is 4.79 Å². The molecule has 1 N–H and O–H groups in total. The van der Waals surface area contributed by atoms with Crippen LogP contribution in [0.2, 0.25) is 5.02 Å². The quantitative estimate of drug-likeness (QED) is 0.931. The van der Waals surface area contributed by atoms with Gasteiger partial charge in [0, 0.05) is 34.6 Å². The lowest BCUT2D eigenvalue weighted by molar-refractivity contribution is -0.131. The molecule has 1 atom stereocenters. The number of nitrogens with one attached hydrogen (secondary N) is 1. The number of likely N-dealkylation sites (tertiary alicyclic amines) is 1. The summed E-state index contributed by atoms with van der Waals surface area (Å²) in [5, 5.41) is 5.22. The Kier molecular flexibility index (Phi) is 4.48. The van der Waals surface area contributed by atoms with Gasteiger partial charge in [-0.1, -0.05) is 29.8 Å². The molecule has 2 heterocycles. The molecule has 3 nitrogen and oxygen atoms in total. The lowest BCUT2D eigenvalue weighted by atomic mass is 10.2. The monoisotopic (exact) mass is 322 g/mol. The Hall–Kier alpha value is -1.10. The van der Waals surface area contributed by atoms with E-state index in [0.29, 0.717) is 6.54 Å². The fourth-order valence-electron chi connectivity index (χ4n) is 2.72. The summed E-state index contributed by atoms with van der Waals surface area (Å²) >= 11 is 8.11. The van der Waals surface area contributed by atoms with Crippen molar-refractivity contribution in [2.45, 2.75) is 32.4 Å². The number of hydrogen-bond acceptors (Lipinski definition) is 3. The first-order valence-corrected chi connectivity index (χ1v) is 8.54. The second-order valence-electron chi connectivity index (χ2n) is 5.47. The largest absolute Gasteiger partial charge is 0.341 e. The number of amides is 1. The van der Waals surface area contributed by atoms with Crippen LogP contribution in [0.5, 0.6) is 0 Å². The molecule has 0 bridgehead atoms. The van der Waals surface area contributed by atoms with Crippen molar-refractivity contribution in [1.82, 2.24) is 10.2 Å². The maximum atomic E-state index is 12.3. The van der Waals surface area contributed by atoms with Gasteiger partial charge in [-0.05, 0) is 25.8 Å². The number of hydrogen-bond donors (Lipinski definition) is 1. The molecular formula is C16H19ClN2OS. The number of thiophene rings is 1. The second-order valence-corrected chi connectivity index (χ2v) is 6.99. The van der Waals surface area contributed by atoms with Gasteiger partial charge in [0.15, 0.2) is 0 Å². The number of rotatable bonds is 4. The third-order valence-electron chi connectivity index (χ3n) is 3.96. The van der Waals surface area contributed by atoms with Crippen molar-refractivity contribution >= 4 is 38.9 Å².